The summed E-state index contributed by atoms with van der Waals surface area (Å²) in [6.07, 6.45) is 2.72. The molecule has 1 atom stereocenters. The molecule has 1 saturated carbocycles. The van der Waals surface area contributed by atoms with Gasteiger partial charge in [-0.05, 0) is 32.6 Å². The molecule has 0 spiro atoms. The fourth-order valence-electron chi connectivity index (χ4n) is 2.49. The van der Waals surface area contributed by atoms with E-state index < -0.39 is 0 Å². The number of nitrogens with one attached hydrogen (secondary N) is 1. The van der Waals surface area contributed by atoms with Crippen LogP contribution < -0.4 is 10.2 Å². The van der Waals surface area contributed by atoms with E-state index in [1.165, 1.54) is 17.7 Å². The molecule has 0 aromatic carbocycles. The van der Waals surface area contributed by atoms with Gasteiger partial charge in [0, 0.05) is 37.2 Å². The van der Waals surface area contributed by atoms with Crippen molar-refractivity contribution < 1.29 is 4.74 Å². The molecule has 1 aliphatic rings. The lowest BCUT2D eigenvalue weighted by molar-refractivity contribution is 0.202. The first kappa shape index (κ1) is 16.7. The van der Waals surface area contributed by atoms with Crippen molar-refractivity contribution in [2.75, 3.05) is 25.2 Å². The second-order valence-electron chi connectivity index (χ2n) is 6.30. The van der Waals surface area contributed by atoms with Crippen molar-refractivity contribution in [2.24, 2.45) is 5.92 Å². The van der Waals surface area contributed by atoms with E-state index >= 15 is 0 Å². The minimum absolute atomic E-state index is 0.505. The summed E-state index contributed by atoms with van der Waals surface area (Å²) < 4.78 is 5.28. The maximum atomic E-state index is 5.28. The molecule has 4 nitrogen and oxygen atoms in total. The van der Waals surface area contributed by atoms with Crippen molar-refractivity contribution in [1.29, 1.82) is 0 Å². The second kappa shape index (κ2) is 7.56. The number of aromatic nitrogens is 1. The van der Waals surface area contributed by atoms with E-state index in [0.29, 0.717) is 12.1 Å². The Hall–Kier alpha value is -0.650. The number of rotatable bonds is 9. The minimum atomic E-state index is 0.505. The number of thiazole rings is 1. The van der Waals surface area contributed by atoms with Crippen molar-refractivity contribution >= 4 is 16.5 Å². The number of aryl methyl sites for hydroxylation is 1. The van der Waals surface area contributed by atoms with E-state index in [1.807, 2.05) is 11.3 Å². The minimum Gasteiger partial charge on any atom is -0.383 e. The van der Waals surface area contributed by atoms with E-state index in [4.69, 9.17) is 9.72 Å². The lowest BCUT2D eigenvalue weighted by Gasteiger charge is -2.28. The summed E-state index contributed by atoms with van der Waals surface area (Å²) in [6, 6.07) is 1.07. The van der Waals surface area contributed by atoms with Crippen molar-refractivity contribution in [3.8, 4) is 0 Å². The summed E-state index contributed by atoms with van der Waals surface area (Å²) in [5.74, 6) is 0.836. The van der Waals surface area contributed by atoms with E-state index in [-0.39, 0.29) is 0 Å². The Labute approximate surface area is 132 Å². The first-order valence-electron chi connectivity index (χ1n) is 7.98. The maximum Gasteiger partial charge on any atom is 0.186 e. The predicted molar refractivity (Wildman–Crippen MR) is 90.2 cm³/mol. The van der Waals surface area contributed by atoms with E-state index in [1.54, 1.807) is 7.11 Å². The quantitative estimate of drug-likeness (QED) is 0.760. The monoisotopic (exact) mass is 311 g/mol. The van der Waals surface area contributed by atoms with Crippen molar-refractivity contribution in [3.05, 3.63) is 10.6 Å². The number of nitrogens with zero attached hydrogens (tertiary/aromatic N) is 2. The molecule has 0 amide bonds. The molecule has 0 aliphatic heterocycles. The molecule has 1 aliphatic carbocycles. The third-order valence-electron chi connectivity index (χ3n) is 4.13. The van der Waals surface area contributed by atoms with E-state index in [0.717, 1.165) is 36.4 Å². The molecule has 5 heteroatoms. The maximum absolute atomic E-state index is 5.28. The van der Waals surface area contributed by atoms with Crippen LogP contribution in [0.5, 0.6) is 0 Å². The smallest absolute Gasteiger partial charge is 0.186 e. The number of ether oxygens (including phenoxy) is 1. The number of hydrogen-bond acceptors (Lipinski definition) is 5. The lowest BCUT2D eigenvalue weighted by Crippen LogP contribution is -2.37. The standard InChI is InChI=1S/C16H29N3OS/c1-11(2)17-10-15-12(3)18-16(21-15)19(8-9-20-5)13(4)14-6-7-14/h11,13-14,17H,6-10H2,1-5H3. The van der Waals surface area contributed by atoms with Gasteiger partial charge in [0.25, 0.3) is 0 Å². The summed E-state index contributed by atoms with van der Waals surface area (Å²) in [7, 11) is 1.77. The fourth-order valence-corrected chi connectivity index (χ4v) is 3.62. The molecule has 1 heterocycles. The summed E-state index contributed by atoms with van der Waals surface area (Å²) >= 11 is 1.83. The molecule has 0 radical (unpaired) electrons. The van der Waals surface area contributed by atoms with Crippen LogP contribution in [0.4, 0.5) is 5.13 Å². The molecular formula is C16H29N3OS. The Morgan fingerprint density at radius 2 is 2.10 bits per heavy atom. The summed E-state index contributed by atoms with van der Waals surface area (Å²) in [5, 5.41) is 4.65. The van der Waals surface area contributed by atoms with Gasteiger partial charge in [0.15, 0.2) is 5.13 Å². The molecule has 1 fully saturated rings. The van der Waals surface area contributed by atoms with Gasteiger partial charge in [0.2, 0.25) is 0 Å². The van der Waals surface area contributed by atoms with Crippen molar-refractivity contribution in [2.45, 2.75) is 59.2 Å². The molecule has 1 unspecified atom stereocenters. The molecule has 1 N–H and O–H groups in total. The summed E-state index contributed by atoms with van der Waals surface area (Å²) in [6.45, 7) is 11.4. The van der Waals surface area contributed by atoms with Crippen molar-refractivity contribution in [1.82, 2.24) is 10.3 Å². The van der Waals surface area contributed by atoms with Crippen LogP contribution >= 0.6 is 11.3 Å². The van der Waals surface area contributed by atoms with Crippen LogP contribution in [0.15, 0.2) is 0 Å². The van der Waals surface area contributed by atoms with Gasteiger partial charge in [-0.15, -0.1) is 11.3 Å². The highest BCUT2D eigenvalue weighted by molar-refractivity contribution is 7.15. The lowest BCUT2D eigenvalue weighted by atomic mass is 10.2. The predicted octanol–water partition coefficient (Wildman–Crippen LogP) is 3.20. The number of anilines is 1. The van der Waals surface area contributed by atoms with Gasteiger partial charge in [-0.1, -0.05) is 13.8 Å². The van der Waals surface area contributed by atoms with E-state index in [9.17, 15) is 0 Å². The average Bonchev–Trinajstić information content (AvgIpc) is 3.21. The third kappa shape index (κ3) is 4.66. The van der Waals surface area contributed by atoms with Crippen LogP contribution in [0.25, 0.3) is 0 Å². The van der Waals surface area contributed by atoms with Crippen molar-refractivity contribution in [3.63, 3.8) is 0 Å². The van der Waals surface area contributed by atoms with Gasteiger partial charge >= 0.3 is 0 Å². The molecule has 120 valence electrons. The zero-order chi connectivity index (χ0) is 15.4. The first-order valence-corrected chi connectivity index (χ1v) is 8.79. The van der Waals surface area contributed by atoms with Crippen LogP contribution in [0.1, 0.15) is 44.2 Å². The molecule has 21 heavy (non-hydrogen) atoms. The molecular weight excluding hydrogens is 282 g/mol. The normalized spacial score (nSPS) is 16.5. The largest absolute Gasteiger partial charge is 0.383 e. The van der Waals surface area contributed by atoms with Crippen LogP contribution in [0, 0.1) is 12.8 Å². The third-order valence-corrected chi connectivity index (χ3v) is 5.32. The zero-order valence-corrected chi connectivity index (χ0v) is 14.8. The zero-order valence-electron chi connectivity index (χ0n) is 14.0. The molecule has 2 rings (SSSR count). The van der Waals surface area contributed by atoms with Crippen LogP contribution in [-0.4, -0.2) is 37.3 Å². The van der Waals surface area contributed by atoms with Gasteiger partial charge < -0.3 is 15.0 Å². The highest BCUT2D eigenvalue weighted by Crippen LogP contribution is 2.38. The van der Waals surface area contributed by atoms with Gasteiger partial charge in [0.1, 0.15) is 0 Å². The van der Waals surface area contributed by atoms with Crippen LogP contribution in [-0.2, 0) is 11.3 Å². The molecule has 0 saturated heterocycles. The Bertz CT molecular complexity index is 443. The molecule has 0 bridgehead atoms. The van der Waals surface area contributed by atoms with Gasteiger partial charge in [0.05, 0.1) is 12.3 Å². The van der Waals surface area contributed by atoms with Crippen LogP contribution in [0.3, 0.4) is 0 Å². The molecule has 1 aromatic heterocycles. The highest BCUT2D eigenvalue weighted by atomic mass is 32.1. The van der Waals surface area contributed by atoms with Gasteiger partial charge in [-0.25, -0.2) is 4.98 Å². The Morgan fingerprint density at radius 1 is 1.38 bits per heavy atom. The summed E-state index contributed by atoms with van der Waals surface area (Å²) in [4.78, 5) is 8.62. The first-order chi connectivity index (χ1) is 10.0. The number of methoxy groups -OCH3 is 1. The van der Waals surface area contributed by atoms with Gasteiger partial charge in [-0.2, -0.15) is 0 Å². The van der Waals surface area contributed by atoms with Crippen LogP contribution in [0.2, 0.25) is 0 Å². The molecule has 1 aromatic rings. The fraction of sp³-hybridized carbons (Fsp3) is 0.812. The number of hydrogen-bond donors (Lipinski definition) is 1. The highest BCUT2D eigenvalue weighted by Gasteiger charge is 2.33. The SMILES string of the molecule is COCCN(c1nc(C)c(CNC(C)C)s1)C(C)C1CC1. The summed E-state index contributed by atoms with van der Waals surface area (Å²) in [5.41, 5.74) is 1.16. The average molecular weight is 311 g/mol. The Balaban J connectivity index is 2.09. The Kier molecular flexibility index (Phi) is 6.02. The Morgan fingerprint density at radius 3 is 2.67 bits per heavy atom. The topological polar surface area (TPSA) is 37.4 Å². The van der Waals surface area contributed by atoms with E-state index in [2.05, 4.69) is 37.9 Å². The second-order valence-corrected chi connectivity index (χ2v) is 7.37. The van der Waals surface area contributed by atoms with Gasteiger partial charge in [-0.3, -0.25) is 0 Å².